The van der Waals surface area contributed by atoms with Gasteiger partial charge >= 0.3 is 12.2 Å². The van der Waals surface area contributed by atoms with Gasteiger partial charge in [-0.05, 0) is 44.4 Å². The van der Waals surface area contributed by atoms with Gasteiger partial charge in [0.05, 0.1) is 12.6 Å². The number of fused-ring (bicyclic) bond motifs is 1. The summed E-state index contributed by atoms with van der Waals surface area (Å²) in [5.41, 5.74) is 1.39. The van der Waals surface area contributed by atoms with Gasteiger partial charge in [-0.2, -0.15) is 0 Å². The lowest BCUT2D eigenvalue weighted by Gasteiger charge is -2.37. The van der Waals surface area contributed by atoms with Crippen LogP contribution >= 0.6 is 0 Å². The van der Waals surface area contributed by atoms with Gasteiger partial charge in [0.2, 0.25) is 0 Å². The van der Waals surface area contributed by atoms with Crippen molar-refractivity contribution in [3.05, 3.63) is 70.8 Å². The zero-order valence-corrected chi connectivity index (χ0v) is 19.0. The molecule has 0 saturated carbocycles. The number of likely N-dealkylation sites (tertiary alicyclic amines) is 1. The zero-order chi connectivity index (χ0) is 23.8. The summed E-state index contributed by atoms with van der Waals surface area (Å²) in [5, 5.41) is 0. The molecule has 0 spiro atoms. The van der Waals surface area contributed by atoms with Crippen molar-refractivity contribution < 1.29 is 27.8 Å². The minimum absolute atomic E-state index is 0.210. The number of carbonyl (C=O) groups excluding carboxylic acids is 2. The van der Waals surface area contributed by atoms with E-state index in [0.29, 0.717) is 25.9 Å². The van der Waals surface area contributed by atoms with Crippen LogP contribution in [0.1, 0.15) is 49.9 Å². The molecule has 33 heavy (non-hydrogen) atoms. The number of hydrogen-bond acceptors (Lipinski definition) is 4. The van der Waals surface area contributed by atoms with Crippen LogP contribution in [-0.4, -0.2) is 53.3 Å². The molecule has 1 saturated heterocycles. The Morgan fingerprint density at radius 2 is 1.76 bits per heavy atom. The minimum Gasteiger partial charge on any atom is -0.444 e. The van der Waals surface area contributed by atoms with E-state index in [1.54, 1.807) is 20.8 Å². The average molecular weight is 459 g/mol. The first-order valence-corrected chi connectivity index (χ1v) is 11.1. The molecule has 6 nitrogen and oxygen atoms in total. The van der Waals surface area contributed by atoms with Gasteiger partial charge in [-0.3, -0.25) is 4.90 Å². The summed E-state index contributed by atoms with van der Waals surface area (Å²) in [7, 11) is 0. The molecular formula is C25H28F2N2O4. The highest BCUT2D eigenvalue weighted by Gasteiger charge is 2.37. The number of hydrogen-bond donors (Lipinski definition) is 0. The van der Waals surface area contributed by atoms with Gasteiger partial charge < -0.3 is 14.4 Å². The molecule has 2 aliphatic heterocycles. The first-order valence-electron chi connectivity index (χ1n) is 11.1. The summed E-state index contributed by atoms with van der Waals surface area (Å²) in [6.07, 6.45) is -0.432. The molecule has 8 heteroatoms. The molecule has 176 valence electrons. The van der Waals surface area contributed by atoms with Gasteiger partial charge in [0.15, 0.2) is 0 Å². The number of amides is 2. The molecule has 0 bridgehead atoms. The van der Waals surface area contributed by atoms with Crippen LogP contribution in [0.5, 0.6) is 0 Å². The van der Waals surface area contributed by atoms with Crippen molar-refractivity contribution in [3.8, 4) is 0 Å². The second kappa shape index (κ2) is 9.00. The van der Waals surface area contributed by atoms with E-state index in [9.17, 15) is 18.4 Å². The van der Waals surface area contributed by atoms with E-state index in [2.05, 4.69) is 0 Å². The molecule has 1 unspecified atom stereocenters. The van der Waals surface area contributed by atoms with E-state index in [0.717, 1.165) is 17.2 Å². The fraction of sp³-hybridized carbons (Fsp3) is 0.440. The third-order valence-electron chi connectivity index (χ3n) is 5.84. The highest BCUT2D eigenvalue weighted by molar-refractivity contribution is 5.71. The van der Waals surface area contributed by atoms with Crippen molar-refractivity contribution in [3.63, 3.8) is 0 Å². The topological polar surface area (TPSA) is 59.1 Å². The first kappa shape index (κ1) is 23.0. The quantitative estimate of drug-likeness (QED) is 0.631. The number of carbonyl (C=O) groups is 2. The normalized spacial score (nSPS) is 20.4. The molecule has 2 heterocycles. The summed E-state index contributed by atoms with van der Waals surface area (Å²) in [6, 6.07) is 10.2. The summed E-state index contributed by atoms with van der Waals surface area (Å²) >= 11 is 0. The first-order chi connectivity index (χ1) is 15.6. The molecule has 0 radical (unpaired) electrons. The summed E-state index contributed by atoms with van der Waals surface area (Å²) in [4.78, 5) is 28.5. The molecular weight excluding hydrogens is 430 g/mol. The maximum absolute atomic E-state index is 14.8. The Labute approximate surface area is 192 Å². The molecule has 1 fully saturated rings. The van der Waals surface area contributed by atoms with Crippen LogP contribution in [0, 0.1) is 11.6 Å². The van der Waals surface area contributed by atoms with Crippen molar-refractivity contribution in [1.29, 1.82) is 0 Å². The SMILES string of the molecule is CC(C)(C)OC(=O)N1CC[C@@H](OC(=O)N2CCc3ccccc3C2c2ccc(F)cc2F)C1. The maximum atomic E-state index is 14.8. The fourth-order valence-electron chi connectivity index (χ4n) is 4.35. The van der Waals surface area contributed by atoms with E-state index in [1.807, 2.05) is 24.3 Å². The lowest BCUT2D eigenvalue weighted by atomic mass is 9.88. The van der Waals surface area contributed by atoms with Crippen molar-refractivity contribution >= 4 is 12.2 Å². The van der Waals surface area contributed by atoms with Crippen LogP contribution in [0.25, 0.3) is 0 Å². The molecule has 4 rings (SSSR count). The second-order valence-electron chi connectivity index (χ2n) is 9.43. The van der Waals surface area contributed by atoms with Crippen molar-refractivity contribution in [2.24, 2.45) is 0 Å². The minimum atomic E-state index is -0.730. The summed E-state index contributed by atoms with van der Waals surface area (Å²) < 4.78 is 39.4. The van der Waals surface area contributed by atoms with Gasteiger partial charge in [0, 0.05) is 31.1 Å². The Morgan fingerprint density at radius 3 is 2.48 bits per heavy atom. The van der Waals surface area contributed by atoms with Gasteiger partial charge in [-0.15, -0.1) is 0 Å². The monoisotopic (exact) mass is 458 g/mol. The molecule has 2 atom stereocenters. The molecule has 2 aliphatic rings. The van der Waals surface area contributed by atoms with Crippen LogP contribution in [0.3, 0.4) is 0 Å². The van der Waals surface area contributed by atoms with Crippen LogP contribution < -0.4 is 0 Å². The fourth-order valence-corrected chi connectivity index (χ4v) is 4.35. The molecule has 2 aromatic carbocycles. The maximum Gasteiger partial charge on any atom is 0.410 e. The Bertz CT molecular complexity index is 1050. The van der Waals surface area contributed by atoms with Crippen LogP contribution in [0.4, 0.5) is 18.4 Å². The highest BCUT2D eigenvalue weighted by atomic mass is 19.1. The molecule has 2 amide bonds. The smallest absolute Gasteiger partial charge is 0.410 e. The van der Waals surface area contributed by atoms with Crippen LogP contribution in [0.2, 0.25) is 0 Å². The molecule has 0 aliphatic carbocycles. The van der Waals surface area contributed by atoms with E-state index < -0.39 is 41.6 Å². The summed E-state index contributed by atoms with van der Waals surface area (Å²) in [5.74, 6) is -1.39. The highest BCUT2D eigenvalue weighted by Crippen LogP contribution is 2.37. The number of nitrogens with zero attached hydrogens (tertiary/aromatic N) is 2. The van der Waals surface area contributed by atoms with Gasteiger partial charge in [-0.1, -0.05) is 30.3 Å². The molecule has 0 N–H and O–H groups in total. The third kappa shape index (κ3) is 5.10. The molecule has 0 aromatic heterocycles. The number of halogens is 2. The average Bonchev–Trinajstić information content (AvgIpc) is 3.21. The largest absolute Gasteiger partial charge is 0.444 e. The summed E-state index contributed by atoms with van der Waals surface area (Å²) in [6.45, 7) is 6.37. The zero-order valence-electron chi connectivity index (χ0n) is 19.0. The van der Waals surface area contributed by atoms with E-state index in [1.165, 1.54) is 21.9 Å². The number of benzene rings is 2. The van der Waals surface area contributed by atoms with E-state index >= 15 is 0 Å². The van der Waals surface area contributed by atoms with Crippen molar-refractivity contribution in [2.75, 3.05) is 19.6 Å². The lowest BCUT2D eigenvalue weighted by Crippen LogP contribution is -2.43. The van der Waals surface area contributed by atoms with E-state index in [4.69, 9.17) is 9.47 Å². The van der Waals surface area contributed by atoms with E-state index in [-0.39, 0.29) is 12.1 Å². The third-order valence-corrected chi connectivity index (χ3v) is 5.84. The van der Waals surface area contributed by atoms with Gasteiger partial charge in [-0.25, -0.2) is 18.4 Å². The Balaban J connectivity index is 1.52. The molecule has 2 aromatic rings. The second-order valence-corrected chi connectivity index (χ2v) is 9.43. The lowest BCUT2D eigenvalue weighted by molar-refractivity contribution is 0.0230. The van der Waals surface area contributed by atoms with Crippen LogP contribution in [-0.2, 0) is 15.9 Å². The van der Waals surface area contributed by atoms with Crippen molar-refractivity contribution in [1.82, 2.24) is 9.80 Å². The Hall–Kier alpha value is -3.16. The standard InChI is InChI=1S/C25H28F2N2O4/c1-25(2,3)33-23(30)28-12-11-18(15-28)32-24(31)29-13-10-16-6-4-5-7-19(16)22(29)20-9-8-17(26)14-21(20)27/h4-9,14,18,22H,10-13,15H2,1-3H3/t18-,22?/m1/s1. The Kier molecular flexibility index (Phi) is 6.28. The van der Waals surface area contributed by atoms with Crippen molar-refractivity contribution in [2.45, 2.75) is 51.4 Å². The van der Waals surface area contributed by atoms with Crippen LogP contribution in [0.15, 0.2) is 42.5 Å². The predicted molar refractivity (Wildman–Crippen MR) is 118 cm³/mol. The van der Waals surface area contributed by atoms with Gasteiger partial charge in [0.25, 0.3) is 0 Å². The van der Waals surface area contributed by atoms with Gasteiger partial charge in [0.1, 0.15) is 23.3 Å². The predicted octanol–water partition coefficient (Wildman–Crippen LogP) is 5.06. The Morgan fingerprint density at radius 1 is 1.00 bits per heavy atom. The number of ether oxygens (including phenoxy) is 2. The number of rotatable bonds is 2.